The van der Waals surface area contributed by atoms with Gasteiger partial charge in [-0.05, 0) is 6.07 Å². The van der Waals surface area contributed by atoms with Gasteiger partial charge in [0.1, 0.15) is 0 Å². The molecule has 0 amide bonds. The van der Waals surface area contributed by atoms with Crippen molar-refractivity contribution in [3.63, 3.8) is 0 Å². The number of halogens is 6. The molecule has 118 valence electrons. The second-order valence-corrected chi connectivity index (χ2v) is 5.28. The maximum absolute atomic E-state index is 12.7. The van der Waals surface area contributed by atoms with Gasteiger partial charge in [0.15, 0.2) is 0 Å². The fraction of sp³-hybridized carbons (Fsp3) is 0.200. The Hall–Kier alpha value is -1.92. The number of alkyl halides is 6. The van der Waals surface area contributed by atoms with Crippen LogP contribution in [-0.4, -0.2) is 7.28 Å². The van der Waals surface area contributed by atoms with Crippen molar-refractivity contribution in [1.29, 1.82) is 0 Å². The molecule has 0 unspecified atom stereocenters. The molecule has 0 bridgehead atoms. The Bertz CT molecular complexity index is 598. The van der Waals surface area contributed by atoms with E-state index in [1.165, 1.54) is 0 Å². The average molecular weight is 317 g/mol. The zero-order chi connectivity index (χ0) is 16.4. The third-order valence-electron chi connectivity index (χ3n) is 3.57. The molecule has 0 radical (unpaired) electrons. The topological polar surface area (TPSA) is 0 Å². The van der Waals surface area contributed by atoms with Gasteiger partial charge in [0.25, 0.3) is 0 Å². The van der Waals surface area contributed by atoms with E-state index >= 15 is 0 Å². The van der Waals surface area contributed by atoms with Crippen LogP contribution in [0.1, 0.15) is 16.7 Å². The van der Waals surface area contributed by atoms with Crippen molar-refractivity contribution in [1.82, 2.24) is 0 Å². The fourth-order valence-corrected chi connectivity index (χ4v) is 2.44. The minimum Gasteiger partial charge on any atom is -0.216 e. The van der Waals surface area contributed by atoms with Crippen LogP contribution in [0.5, 0.6) is 0 Å². The fourth-order valence-electron chi connectivity index (χ4n) is 2.44. The maximum atomic E-state index is 12.7. The van der Waals surface area contributed by atoms with Gasteiger partial charge < -0.3 is 0 Å². The van der Waals surface area contributed by atoms with Gasteiger partial charge in [-0.2, -0.15) is 32.7 Å². The Balaban J connectivity index is 2.30. The van der Waals surface area contributed by atoms with Crippen LogP contribution in [0.4, 0.5) is 26.3 Å². The summed E-state index contributed by atoms with van der Waals surface area (Å²) in [4.78, 5) is 0. The van der Waals surface area contributed by atoms with Crippen molar-refractivity contribution in [3.05, 3.63) is 65.2 Å². The summed E-state index contributed by atoms with van der Waals surface area (Å²) in [6.45, 7) is 0. The lowest BCUT2D eigenvalue weighted by Gasteiger charge is -2.17. The molecular formula is C15H12BF6-. The van der Waals surface area contributed by atoms with Gasteiger partial charge in [-0.25, -0.2) is 5.46 Å². The van der Waals surface area contributed by atoms with Gasteiger partial charge in [0.05, 0.1) is 11.1 Å². The molecular weight excluding hydrogens is 305 g/mol. The van der Waals surface area contributed by atoms with Gasteiger partial charge in [0.2, 0.25) is 0 Å². The molecule has 0 aliphatic heterocycles. The number of hydrogen-bond donors (Lipinski definition) is 0. The van der Waals surface area contributed by atoms with E-state index in [-0.39, 0.29) is 11.5 Å². The van der Waals surface area contributed by atoms with E-state index in [0.717, 1.165) is 17.7 Å². The van der Waals surface area contributed by atoms with Crippen LogP contribution in [0.25, 0.3) is 0 Å². The van der Waals surface area contributed by atoms with Crippen LogP contribution in [0.15, 0.2) is 48.5 Å². The second kappa shape index (κ2) is 6.06. The number of rotatable bonds is 3. The molecule has 0 fully saturated rings. The first-order chi connectivity index (χ1) is 10.2. The highest BCUT2D eigenvalue weighted by Gasteiger charge is 2.36. The van der Waals surface area contributed by atoms with E-state index in [2.05, 4.69) is 0 Å². The van der Waals surface area contributed by atoms with E-state index in [1.807, 2.05) is 12.1 Å². The van der Waals surface area contributed by atoms with Crippen LogP contribution in [0.3, 0.4) is 0 Å². The quantitative estimate of drug-likeness (QED) is 0.598. The minimum absolute atomic E-state index is 0.144. The molecule has 0 aliphatic carbocycles. The van der Waals surface area contributed by atoms with Gasteiger partial charge in [-0.15, -0.1) is 0 Å². The molecule has 0 spiro atoms. The molecule has 0 N–H and O–H groups in total. The second-order valence-electron chi connectivity index (χ2n) is 5.28. The van der Waals surface area contributed by atoms with Crippen LogP contribution in [0.2, 0.25) is 0 Å². The molecule has 0 aliphatic rings. The van der Waals surface area contributed by atoms with Crippen LogP contribution < -0.4 is 5.46 Å². The summed E-state index contributed by atoms with van der Waals surface area (Å²) >= 11 is 0. The van der Waals surface area contributed by atoms with Crippen molar-refractivity contribution < 1.29 is 26.3 Å². The minimum atomic E-state index is -4.78. The smallest absolute Gasteiger partial charge is 0.216 e. The van der Waals surface area contributed by atoms with E-state index < -0.39 is 30.8 Å². The van der Waals surface area contributed by atoms with Gasteiger partial charge in [-0.3, -0.25) is 0 Å². The predicted octanol–water partition coefficient (Wildman–Crippen LogP) is 3.72. The monoisotopic (exact) mass is 317 g/mol. The summed E-state index contributed by atoms with van der Waals surface area (Å²) < 4.78 is 76.5. The van der Waals surface area contributed by atoms with Crippen molar-refractivity contribution in [2.45, 2.75) is 18.7 Å². The molecule has 0 saturated carbocycles. The first kappa shape index (κ1) is 16.5. The highest BCUT2D eigenvalue weighted by molar-refractivity contribution is 6.53. The lowest BCUT2D eigenvalue weighted by Crippen LogP contribution is -2.23. The summed E-state index contributed by atoms with van der Waals surface area (Å²) in [6, 6.07) is 10.8. The molecule has 0 saturated heterocycles. The Morgan fingerprint density at radius 2 is 1.23 bits per heavy atom. The summed E-state index contributed by atoms with van der Waals surface area (Å²) in [5.41, 5.74) is -1.43. The number of benzene rings is 2. The molecule has 2 aromatic carbocycles. The molecule has 7 heteroatoms. The average Bonchev–Trinajstić information content (AvgIpc) is 2.44. The first-order valence-corrected chi connectivity index (χ1v) is 6.84. The Morgan fingerprint density at radius 3 is 1.68 bits per heavy atom. The Kier molecular flexibility index (Phi) is 4.54. The maximum Gasteiger partial charge on any atom is 0.416 e. The van der Waals surface area contributed by atoms with Crippen LogP contribution in [-0.2, 0) is 18.7 Å². The van der Waals surface area contributed by atoms with Crippen molar-refractivity contribution in [2.75, 3.05) is 0 Å². The molecule has 2 aromatic rings. The normalized spacial score (nSPS) is 12.5. The van der Waals surface area contributed by atoms with E-state index in [1.54, 1.807) is 18.2 Å². The van der Waals surface area contributed by atoms with E-state index in [4.69, 9.17) is 0 Å². The lowest BCUT2D eigenvalue weighted by molar-refractivity contribution is -0.142. The molecule has 0 aromatic heterocycles. The van der Waals surface area contributed by atoms with E-state index in [0.29, 0.717) is 6.32 Å². The lowest BCUT2D eigenvalue weighted by atomic mass is 9.64. The Morgan fingerprint density at radius 1 is 0.727 bits per heavy atom. The third kappa shape index (κ3) is 4.29. The molecule has 22 heavy (non-hydrogen) atoms. The van der Waals surface area contributed by atoms with Crippen LogP contribution in [0, 0.1) is 0 Å². The third-order valence-corrected chi connectivity index (χ3v) is 3.57. The summed E-state index contributed by atoms with van der Waals surface area (Å²) in [6.07, 6.45) is -9.07. The van der Waals surface area contributed by atoms with Crippen molar-refractivity contribution >= 4 is 12.7 Å². The standard InChI is InChI=1S/C15H12BF6/c17-14(18,19)11-6-12(15(20,21)22)8-13(7-11)16-9-10-4-2-1-3-5-10/h1-8H,9,16H2/q-1. The SMILES string of the molecule is FC(F)(F)c1cc([BH2-]Cc2ccccc2)cc(C(F)(F)F)c1. The first-order valence-electron chi connectivity index (χ1n) is 6.84. The number of hydrogen-bond acceptors (Lipinski definition) is 0. The molecule has 0 atom stereocenters. The van der Waals surface area contributed by atoms with Gasteiger partial charge in [-0.1, -0.05) is 48.0 Å². The zero-order valence-corrected chi connectivity index (χ0v) is 11.6. The van der Waals surface area contributed by atoms with E-state index in [9.17, 15) is 26.3 Å². The summed E-state index contributed by atoms with van der Waals surface area (Å²) in [5, 5.41) is 0. The largest absolute Gasteiger partial charge is 0.416 e. The highest BCUT2D eigenvalue weighted by Crippen LogP contribution is 2.34. The molecule has 2 rings (SSSR count). The summed E-state index contributed by atoms with van der Waals surface area (Å²) in [7, 11) is -1.13. The Labute approximate surface area is 124 Å². The van der Waals surface area contributed by atoms with Gasteiger partial charge >= 0.3 is 12.4 Å². The van der Waals surface area contributed by atoms with Gasteiger partial charge in [0, 0.05) is 7.28 Å². The molecule has 0 heterocycles. The molecule has 0 nitrogen and oxygen atoms in total. The van der Waals surface area contributed by atoms with Crippen LogP contribution >= 0.6 is 0 Å². The zero-order valence-electron chi connectivity index (χ0n) is 11.6. The predicted molar refractivity (Wildman–Crippen MR) is 74.8 cm³/mol. The highest BCUT2D eigenvalue weighted by atomic mass is 19.4. The van der Waals surface area contributed by atoms with Crippen molar-refractivity contribution in [2.24, 2.45) is 0 Å². The van der Waals surface area contributed by atoms with Crippen molar-refractivity contribution in [3.8, 4) is 0 Å². The summed E-state index contributed by atoms with van der Waals surface area (Å²) in [5.74, 6) is 0.